The van der Waals surface area contributed by atoms with E-state index in [9.17, 15) is 4.79 Å². The van der Waals surface area contributed by atoms with Gasteiger partial charge in [-0.25, -0.2) is 4.79 Å². The zero-order chi connectivity index (χ0) is 15.9. The third-order valence-electron chi connectivity index (χ3n) is 3.70. The largest absolute Gasteiger partial charge is 0.465 e. The van der Waals surface area contributed by atoms with Gasteiger partial charge in [0.15, 0.2) is 0 Å². The molecule has 0 saturated heterocycles. The van der Waals surface area contributed by atoms with Gasteiger partial charge in [0, 0.05) is 0 Å². The maximum atomic E-state index is 11.8. The van der Waals surface area contributed by atoms with Crippen molar-refractivity contribution in [2.75, 3.05) is 7.11 Å². The summed E-state index contributed by atoms with van der Waals surface area (Å²) in [5.74, 6) is -0.450. The van der Waals surface area contributed by atoms with Crippen LogP contribution in [0.15, 0.2) is 29.3 Å². The molecular formula is C16H15BN2O2S. The quantitative estimate of drug-likeness (QED) is 0.631. The lowest BCUT2D eigenvalue weighted by Gasteiger charge is -2.14. The number of ether oxygens (including phenoxy) is 1. The monoisotopic (exact) mass is 310 g/mol. The molecule has 0 fully saturated rings. The number of aliphatic imine (C=N–C) groups is 1. The number of rotatable bonds is 2. The topological polar surface area (TPSA) is 51.5 Å². The fourth-order valence-corrected chi connectivity index (χ4v) is 3.73. The summed E-state index contributed by atoms with van der Waals surface area (Å²) in [7, 11) is 7.25. The molecule has 6 heteroatoms. The van der Waals surface area contributed by atoms with Gasteiger partial charge in [-0.3, -0.25) is 9.98 Å². The Morgan fingerprint density at radius 2 is 2.14 bits per heavy atom. The van der Waals surface area contributed by atoms with Crippen molar-refractivity contribution in [1.29, 1.82) is 0 Å². The number of nitrogens with zero attached hydrogens (tertiary/aromatic N) is 2. The first-order valence-corrected chi connectivity index (χ1v) is 7.87. The first-order valence-electron chi connectivity index (χ1n) is 6.99. The van der Waals surface area contributed by atoms with Gasteiger partial charge >= 0.3 is 5.97 Å². The van der Waals surface area contributed by atoms with Crippen LogP contribution in [0.1, 0.15) is 35.1 Å². The summed E-state index contributed by atoms with van der Waals surface area (Å²) in [6.45, 7) is 4.10. The Morgan fingerprint density at radius 1 is 1.36 bits per heavy atom. The minimum Gasteiger partial charge on any atom is -0.465 e. The maximum absolute atomic E-state index is 11.8. The molecule has 110 valence electrons. The highest BCUT2D eigenvalue weighted by molar-refractivity contribution is 8.14. The lowest BCUT2D eigenvalue weighted by atomic mass is 9.89. The standard InChI is InChI=1S/C16H15BN2O2S/c1-8-15(22-9(2)18-8)13-5-4-10-6-12(17)11(16(20)21-3)7-14(10)19-13/h4-8,15H,1-3H3. The van der Waals surface area contributed by atoms with E-state index >= 15 is 0 Å². The lowest BCUT2D eigenvalue weighted by molar-refractivity contribution is 0.0602. The Kier molecular flexibility index (Phi) is 3.95. The fourth-order valence-electron chi connectivity index (χ4n) is 2.62. The van der Waals surface area contributed by atoms with Crippen LogP contribution < -0.4 is 5.46 Å². The fraction of sp³-hybridized carbons (Fsp3) is 0.312. The van der Waals surface area contributed by atoms with E-state index in [0.717, 1.165) is 21.6 Å². The normalized spacial score (nSPS) is 21.0. The highest BCUT2D eigenvalue weighted by atomic mass is 32.2. The number of pyridine rings is 1. The molecule has 0 aliphatic carbocycles. The van der Waals surface area contributed by atoms with Crippen LogP contribution >= 0.6 is 11.8 Å². The van der Waals surface area contributed by atoms with Gasteiger partial charge in [-0.05, 0) is 31.4 Å². The Morgan fingerprint density at radius 3 is 2.77 bits per heavy atom. The molecule has 4 nitrogen and oxygen atoms in total. The predicted octanol–water partition coefficient (Wildman–Crippen LogP) is 2.41. The van der Waals surface area contributed by atoms with E-state index in [1.54, 1.807) is 23.9 Å². The van der Waals surface area contributed by atoms with Gasteiger partial charge in [-0.1, -0.05) is 29.4 Å². The number of esters is 1. The van der Waals surface area contributed by atoms with Crippen molar-refractivity contribution in [1.82, 2.24) is 4.98 Å². The number of aromatic nitrogens is 1. The van der Waals surface area contributed by atoms with Crippen molar-refractivity contribution in [3.63, 3.8) is 0 Å². The molecule has 0 spiro atoms. The number of hydrogen-bond acceptors (Lipinski definition) is 5. The van der Waals surface area contributed by atoms with Gasteiger partial charge in [0.05, 0.1) is 40.2 Å². The van der Waals surface area contributed by atoms with E-state index in [2.05, 4.69) is 11.9 Å². The van der Waals surface area contributed by atoms with E-state index in [0.29, 0.717) is 11.0 Å². The zero-order valence-electron chi connectivity index (χ0n) is 12.7. The van der Waals surface area contributed by atoms with Gasteiger partial charge < -0.3 is 4.74 Å². The Hall–Kier alpha value is -1.82. The molecule has 2 radical (unpaired) electrons. The highest BCUT2D eigenvalue weighted by Crippen LogP contribution is 2.39. The minimum atomic E-state index is -0.450. The van der Waals surface area contributed by atoms with Crippen molar-refractivity contribution in [2.45, 2.75) is 25.1 Å². The summed E-state index contributed by atoms with van der Waals surface area (Å²) >= 11 is 1.72. The molecule has 2 unspecified atom stereocenters. The second-order valence-corrected chi connectivity index (χ2v) is 6.62. The van der Waals surface area contributed by atoms with Crippen molar-refractivity contribution < 1.29 is 9.53 Å². The van der Waals surface area contributed by atoms with Crippen LogP contribution in [0.2, 0.25) is 0 Å². The molecule has 1 aromatic carbocycles. The number of carbonyl (C=O) groups excluding carboxylic acids is 1. The average molecular weight is 310 g/mol. The second kappa shape index (κ2) is 5.76. The number of hydrogen-bond donors (Lipinski definition) is 0. The van der Waals surface area contributed by atoms with Gasteiger partial charge in [0.25, 0.3) is 0 Å². The van der Waals surface area contributed by atoms with Crippen LogP contribution in [-0.4, -0.2) is 37.0 Å². The number of methoxy groups -OCH3 is 1. The summed E-state index contributed by atoms with van der Waals surface area (Å²) in [5.41, 5.74) is 2.45. The van der Waals surface area contributed by atoms with Crippen molar-refractivity contribution in [2.24, 2.45) is 4.99 Å². The molecule has 1 aliphatic rings. The Labute approximate surface area is 134 Å². The maximum Gasteiger partial charge on any atom is 0.337 e. The van der Waals surface area contributed by atoms with Crippen molar-refractivity contribution in [3.05, 3.63) is 35.5 Å². The van der Waals surface area contributed by atoms with E-state index < -0.39 is 5.97 Å². The molecule has 0 amide bonds. The summed E-state index contributed by atoms with van der Waals surface area (Å²) < 4.78 is 4.76. The molecule has 22 heavy (non-hydrogen) atoms. The SMILES string of the molecule is [B]c1cc2ccc(C3SC(C)=NC3C)nc2cc1C(=O)OC. The molecule has 0 bridgehead atoms. The molecule has 0 N–H and O–H groups in total. The third-order valence-corrected chi connectivity index (χ3v) is 5.04. The molecule has 1 aliphatic heterocycles. The van der Waals surface area contributed by atoms with Gasteiger partial charge in [0.2, 0.25) is 0 Å². The molecule has 3 rings (SSSR count). The van der Waals surface area contributed by atoms with E-state index in [1.807, 2.05) is 19.1 Å². The van der Waals surface area contributed by atoms with E-state index in [4.69, 9.17) is 17.6 Å². The second-order valence-electron chi connectivity index (χ2n) is 5.29. The predicted molar refractivity (Wildman–Crippen MR) is 91.4 cm³/mol. The molecule has 2 heterocycles. The van der Waals surface area contributed by atoms with Crippen molar-refractivity contribution >= 4 is 47.0 Å². The van der Waals surface area contributed by atoms with Crippen LogP contribution in [0.5, 0.6) is 0 Å². The Balaban J connectivity index is 2.05. The van der Waals surface area contributed by atoms with Crippen LogP contribution in [0.25, 0.3) is 10.9 Å². The van der Waals surface area contributed by atoms with Crippen LogP contribution in [0, 0.1) is 0 Å². The minimum absolute atomic E-state index is 0.198. The first-order chi connectivity index (χ1) is 10.5. The third kappa shape index (κ3) is 2.63. The zero-order valence-corrected chi connectivity index (χ0v) is 13.5. The first kappa shape index (κ1) is 15.1. The van der Waals surface area contributed by atoms with E-state index in [-0.39, 0.29) is 11.3 Å². The molecule has 2 atom stereocenters. The summed E-state index contributed by atoms with van der Waals surface area (Å²) in [4.78, 5) is 21.0. The van der Waals surface area contributed by atoms with E-state index in [1.165, 1.54) is 7.11 Å². The average Bonchev–Trinajstić information content (AvgIpc) is 2.84. The molecule has 0 saturated carbocycles. The smallest absolute Gasteiger partial charge is 0.337 e. The summed E-state index contributed by atoms with van der Waals surface area (Å²) in [6.07, 6.45) is 0. The van der Waals surface area contributed by atoms with Crippen molar-refractivity contribution in [3.8, 4) is 0 Å². The number of benzene rings is 1. The lowest BCUT2D eigenvalue weighted by Crippen LogP contribution is -2.17. The van der Waals surface area contributed by atoms with Crippen LogP contribution in [0.4, 0.5) is 0 Å². The molecule has 1 aromatic heterocycles. The van der Waals surface area contributed by atoms with Gasteiger partial charge in [-0.15, -0.1) is 0 Å². The highest BCUT2D eigenvalue weighted by Gasteiger charge is 2.27. The summed E-state index contributed by atoms with van der Waals surface area (Å²) in [5, 5.41) is 2.19. The Bertz CT molecular complexity index is 791. The number of fused-ring (bicyclic) bond motifs is 1. The molecule has 2 aromatic rings. The number of carbonyl (C=O) groups is 1. The van der Waals surface area contributed by atoms with Crippen LogP contribution in [-0.2, 0) is 4.74 Å². The molecular weight excluding hydrogens is 295 g/mol. The summed E-state index contributed by atoms with van der Waals surface area (Å²) in [6, 6.07) is 7.63. The van der Waals surface area contributed by atoms with Gasteiger partial charge in [0.1, 0.15) is 7.85 Å². The van der Waals surface area contributed by atoms with Gasteiger partial charge in [-0.2, -0.15) is 0 Å². The number of thioether (sulfide) groups is 1. The van der Waals surface area contributed by atoms with Crippen LogP contribution in [0.3, 0.4) is 0 Å².